The third-order valence-electron chi connectivity index (χ3n) is 6.00. The molecule has 1 heterocycles. The maximum atomic E-state index is 13.1. The first-order valence-electron chi connectivity index (χ1n) is 10.9. The first-order valence-corrected chi connectivity index (χ1v) is 12.3. The molecule has 1 aliphatic heterocycles. The zero-order chi connectivity index (χ0) is 25.2. The molecule has 1 saturated heterocycles. The van der Waals surface area contributed by atoms with Crippen molar-refractivity contribution in [1.29, 1.82) is 0 Å². The van der Waals surface area contributed by atoms with Gasteiger partial charge in [-0.05, 0) is 35.9 Å². The number of sulfonamides is 1. The molecule has 10 nitrogen and oxygen atoms in total. The summed E-state index contributed by atoms with van der Waals surface area (Å²) >= 11 is 0. The van der Waals surface area contributed by atoms with E-state index in [9.17, 15) is 28.1 Å². The number of nitrogens with zero attached hydrogens (tertiary/aromatic N) is 3. The van der Waals surface area contributed by atoms with Gasteiger partial charge in [-0.25, -0.2) is 13.2 Å². The second kappa shape index (κ2) is 9.80. The molecule has 0 atom stereocenters. The van der Waals surface area contributed by atoms with Crippen LogP contribution in [-0.2, 0) is 19.6 Å². The van der Waals surface area contributed by atoms with Gasteiger partial charge in [0.1, 0.15) is 0 Å². The Bertz CT molecular complexity index is 1410. The van der Waals surface area contributed by atoms with Crippen molar-refractivity contribution < 1.29 is 27.7 Å². The number of carbonyl (C=O) groups excluding carboxylic acids is 2. The minimum absolute atomic E-state index is 0.0123. The lowest BCUT2D eigenvalue weighted by Gasteiger charge is -2.33. The Morgan fingerprint density at radius 2 is 1.66 bits per heavy atom. The summed E-state index contributed by atoms with van der Waals surface area (Å²) in [6, 6.07) is 16.5. The number of nitro groups is 1. The molecule has 3 aromatic carbocycles. The first-order chi connectivity index (χ1) is 16.7. The second-order valence-corrected chi connectivity index (χ2v) is 10.0. The predicted octanol–water partition coefficient (Wildman–Crippen LogP) is 2.75. The molecule has 0 N–H and O–H groups in total. The zero-order valence-corrected chi connectivity index (χ0v) is 19.7. The number of piperazine rings is 1. The van der Waals surface area contributed by atoms with E-state index in [4.69, 9.17) is 4.74 Å². The van der Waals surface area contributed by atoms with Crippen LogP contribution in [0.4, 0.5) is 5.69 Å². The third-order valence-corrected chi connectivity index (χ3v) is 7.89. The molecular weight excluding hydrogens is 474 g/mol. The van der Waals surface area contributed by atoms with Crippen molar-refractivity contribution in [2.45, 2.75) is 11.8 Å². The lowest BCUT2D eigenvalue weighted by molar-refractivity contribution is -0.385. The number of benzene rings is 3. The first kappa shape index (κ1) is 24.3. The Labute approximate surface area is 201 Å². The number of hydrogen-bond donors (Lipinski definition) is 0. The topological polar surface area (TPSA) is 127 Å². The van der Waals surface area contributed by atoms with Gasteiger partial charge in [-0.2, -0.15) is 4.31 Å². The molecular formula is C24H23N3O7S. The van der Waals surface area contributed by atoms with E-state index < -0.39 is 33.4 Å². The van der Waals surface area contributed by atoms with Crippen LogP contribution in [0.15, 0.2) is 65.6 Å². The fraction of sp³-hybridized carbons (Fsp3) is 0.250. The normalized spacial score (nSPS) is 14.6. The molecule has 0 radical (unpaired) electrons. The molecule has 4 rings (SSSR count). The summed E-state index contributed by atoms with van der Waals surface area (Å²) in [6.45, 7) is 1.42. The van der Waals surface area contributed by atoms with Crippen molar-refractivity contribution in [3.05, 3.63) is 81.9 Å². The van der Waals surface area contributed by atoms with Gasteiger partial charge < -0.3 is 9.64 Å². The molecule has 35 heavy (non-hydrogen) atoms. The lowest BCUT2D eigenvalue weighted by Crippen LogP contribution is -2.51. The fourth-order valence-electron chi connectivity index (χ4n) is 3.99. The van der Waals surface area contributed by atoms with Crippen molar-refractivity contribution in [2.75, 3.05) is 32.8 Å². The van der Waals surface area contributed by atoms with Gasteiger partial charge in [-0.15, -0.1) is 0 Å². The average molecular weight is 498 g/mol. The van der Waals surface area contributed by atoms with Crippen molar-refractivity contribution in [2.24, 2.45) is 0 Å². The van der Waals surface area contributed by atoms with Gasteiger partial charge >= 0.3 is 5.97 Å². The van der Waals surface area contributed by atoms with E-state index in [1.54, 1.807) is 18.2 Å². The van der Waals surface area contributed by atoms with Gasteiger partial charge in [-0.1, -0.05) is 36.4 Å². The highest BCUT2D eigenvalue weighted by Gasteiger charge is 2.30. The summed E-state index contributed by atoms with van der Waals surface area (Å²) in [4.78, 5) is 37.0. The van der Waals surface area contributed by atoms with E-state index in [0.29, 0.717) is 0 Å². The van der Waals surface area contributed by atoms with Gasteiger partial charge in [0.15, 0.2) is 6.61 Å². The van der Waals surface area contributed by atoms with Crippen LogP contribution in [0.1, 0.15) is 15.9 Å². The summed E-state index contributed by atoms with van der Waals surface area (Å²) in [5, 5.41) is 12.8. The van der Waals surface area contributed by atoms with E-state index in [-0.39, 0.29) is 47.9 Å². The van der Waals surface area contributed by atoms with Gasteiger partial charge in [-0.3, -0.25) is 14.9 Å². The van der Waals surface area contributed by atoms with Crippen molar-refractivity contribution in [3.8, 4) is 0 Å². The largest absolute Gasteiger partial charge is 0.452 e. The SMILES string of the molecule is Cc1c(C(=O)OCC(=O)N2CCN(S(=O)(=O)c3ccc4ccccc4c3)CC2)cccc1[N+](=O)[O-]. The Morgan fingerprint density at radius 1 is 0.971 bits per heavy atom. The van der Waals surface area contributed by atoms with Crippen LogP contribution < -0.4 is 0 Å². The Hall–Kier alpha value is -3.83. The van der Waals surface area contributed by atoms with Crippen LogP contribution in [0, 0.1) is 17.0 Å². The number of ether oxygens (including phenoxy) is 1. The lowest BCUT2D eigenvalue weighted by atomic mass is 10.1. The summed E-state index contributed by atoms with van der Waals surface area (Å²) < 4.78 is 32.6. The highest BCUT2D eigenvalue weighted by molar-refractivity contribution is 7.89. The van der Waals surface area contributed by atoms with Crippen LogP contribution in [0.5, 0.6) is 0 Å². The molecule has 0 unspecified atom stereocenters. The molecule has 11 heteroatoms. The van der Waals surface area contributed by atoms with E-state index in [2.05, 4.69) is 0 Å². The monoisotopic (exact) mass is 497 g/mol. The number of carbonyl (C=O) groups is 2. The smallest absolute Gasteiger partial charge is 0.339 e. The molecule has 1 fully saturated rings. The quantitative estimate of drug-likeness (QED) is 0.291. The molecule has 1 amide bonds. The van der Waals surface area contributed by atoms with E-state index in [1.807, 2.05) is 24.3 Å². The highest BCUT2D eigenvalue weighted by Crippen LogP contribution is 2.24. The number of esters is 1. The minimum atomic E-state index is -3.73. The number of rotatable bonds is 6. The van der Waals surface area contributed by atoms with Crippen LogP contribution in [0.3, 0.4) is 0 Å². The minimum Gasteiger partial charge on any atom is -0.452 e. The van der Waals surface area contributed by atoms with E-state index in [0.717, 1.165) is 10.8 Å². The molecule has 0 aliphatic carbocycles. The second-order valence-electron chi connectivity index (χ2n) is 8.08. The number of nitro benzene ring substituents is 1. The van der Waals surface area contributed by atoms with Gasteiger partial charge in [0, 0.05) is 37.8 Å². The number of hydrogen-bond acceptors (Lipinski definition) is 7. The Kier molecular flexibility index (Phi) is 6.81. The molecule has 0 saturated carbocycles. The Morgan fingerprint density at radius 3 is 2.34 bits per heavy atom. The third kappa shape index (κ3) is 5.00. The predicted molar refractivity (Wildman–Crippen MR) is 127 cm³/mol. The molecule has 3 aromatic rings. The molecule has 0 spiro atoms. The zero-order valence-electron chi connectivity index (χ0n) is 18.9. The number of fused-ring (bicyclic) bond motifs is 1. The average Bonchev–Trinajstić information content (AvgIpc) is 2.86. The van der Waals surface area contributed by atoms with Crippen molar-refractivity contribution in [1.82, 2.24) is 9.21 Å². The summed E-state index contributed by atoms with van der Waals surface area (Å²) in [5.41, 5.74) is -0.0460. The maximum Gasteiger partial charge on any atom is 0.339 e. The highest BCUT2D eigenvalue weighted by atomic mass is 32.2. The van der Waals surface area contributed by atoms with Crippen molar-refractivity contribution >= 4 is 38.4 Å². The number of amides is 1. The summed E-state index contributed by atoms with van der Waals surface area (Å²) in [7, 11) is -3.73. The van der Waals surface area contributed by atoms with E-state index >= 15 is 0 Å². The Balaban J connectivity index is 1.35. The summed E-state index contributed by atoms with van der Waals surface area (Å²) in [5.74, 6) is -1.30. The van der Waals surface area contributed by atoms with Gasteiger partial charge in [0.2, 0.25) is 10.0 Å². The molecule has 1 aliphatic rings. The van der Waals surface area contributed by atoms with Crippen LogP contribution in [0.2, 0.25) is 0 Å². The molecule has 0 bridgehead atoms. The standard InChI is InChI=1S/C24H23N3O7S/c1-17-21(7-4-8-22(17)27(30)31)24(29)34-16-23(28)25-11-13-26(14-12-25)35(32,33)20-10-9-18-5-2-3-6-19(18)15-20/h2-10,15H,11-14,16H2,1H3. The van der Waals surface area contributed by atoms with E-state index in [1.165, 1.54) is 34.3 Å². The van der Waals surface area contributed by atoms with Crippen LogP contribution >= 0.6 is 0 Å². The molecule has 0 aromatic heterocycles. The fourth-order valence-corrected chi connectivity index (χ4v) is 5.45. The van der Waals surface area contributed by atoms with Gasteiger partial charge in [0.05, 0.1) is 15.4 Å². The maximum absolute atomic E-state index is 13.1. The van der Waals surface area contributed by atoms with Gasteiger partial charge in [0.25, 0.3) is 11.6 Å². The van der Waals surface area contributed by atoms with Crippen LogP contribution in [0.25, 0.3) is 10.8 Å². The van der Waals surface area contributed by atoms with Crippen molar-refractivity contribution in [3.63, 3.8) is 0 Å². The summed E-state index contributed by atoms with van der Waals surface area (Å²) in [6.07, 6.45) is 0. The molecule has 182 valence electrons. The van der Waals surface area contributed by atoms with Crippen LogP contribution in [-0.4, -0.2) is 67.2 Å².